The summed E-state index contributed by atoms with van der Waals surface area (Å²) < 4.78 is 13.9. The van der Waals surface area contributed by atoms with Crippen LogP contribution in [0, 0.1) is 21.8 Å². The molecule has 2 aromatic carbocycles. The average Bonchev–Trinajstić information content (AvgIpc) is 2.65. The summed E-state index contributed by atoms with van der Waals surface area (Å²) in [6, 6.07) is 11.0. The first kappa shape index (κ1) is 18.1. The number of anilines is 2. The Hall–Kier alpha value is -2.67. The normalized spacial score (nSPS) is 14.9. The van der Waals surface area contributed by atoms with Crippen LogP contribution in [0.15, 0.2) is 42.5 Å². The monoisotopic (exact) mass is 377 g/mol. The predicted octanol–water partition coefficient (Wildman–Crippen LogP) is 4.24. The van der Waals surface area contributed by atoms with E-state index in [-0.39, 0.29) is 28.2 Å². The Balaban J connectivity index is 1.64. The highest BCUT2D eigenvalue weighted by molar-refractivity contribution is 6.31. The maximum absolute atomic E-state index is 13.9. The van der Waals surface area contributed by atoms with Crippen LogP contribution >= 0.6 is 11.6 Å². The third-order valence-corrected chi connectivity index (χ3v) is 4.79. The number of hydrogen-bond donors (Lipinski definition) is 1. The molecule has 1 aliphatic rings. The van der Waals surface area contributed by atoms with Gasteiger partial charge in [0.25, 0.3) is 5.69 Å². The highest BCUT2D eigenvalue weighted by Gasteiger charge is 2.28. The number of halogens is 2. The summed E-state index contributed by atoms with van der Waals surface area (Å²) >= 11 is 5.72. The summed E-state index contributed by atoms with van der Waals surface area (Å²) in [5, 5.41) is 13.7. The highest BCUT2D eigenvalue weighted by atomic mass is 35.5. The zero-order valence-electron chi connectivity index (χ0n) is 13.8. The van der Waals surface area contributed by atoms with Crippen molar-refractivity contribution >= 4 is 34.6 Å². The lowest BCUT2D eigenvalue weighted by atomic mass is 9.95. The number of nitrogens with one attached hydrogen (secondary N) is 1. The van der Waals surface area contributed by atoms with E-state index < -0.39 is 10.7 Å². The van der Waals surface area contributed by atoms with Gasteiger partial charge in [0.2, 0.25) is 5.91 Å². The number of piperidine rings is 1. The molecule has 1 aliphatic heterocycles. The van der Waals surface area contributed by atoms with E-state index in [0.29, 0.717) is 31.6 Å². The molecule has 0 aliphatic carbocycles. The highest BCUT2D eigenvalue weighted by Crippen LogP contribution is 2.31. The molecule has 6 nitrogen and oxygen atoms in total. The van der Waals surface area contributed by atoms with E-state index in [2.05, 4.69) is 5.32 Å². The van der Waals surface area contributed by atoms with Crippen LogP contribution in [0.4, 0.5) is 21.5 Å². The minimum absolute atomic E-state index is 0.0472. The van der Waals surface area contributed by atoms with Crippen molar-refractivity contribution in [1.82, 2.24) is 0 Å². The number of para-hydroxylation sites is 2. The summed E-state index contributed by atoms with van der Waals surface area (Å²) in [5.41, 5.74) is 0.664. The Bertz CT molecular complexity index is 838. The molecule has 2 aromatic rings. The minimum Gasteiger partial charge on any atom is -0.366 e. The van der Waals surface area contributed by atoms with Crippen LogP contribution in [-0.4, -0.2) is 23.9 Å². The number of nitrogens with zero attached hydrogens (tertiary/aromatic N) is 2. The summed E-state index contributed by atoms with van der Waals surface area (Å²) in [6.45, 7) is 1.03. The fourth-order valence-electron chi connectivity index (χ4n) is 3.10. The van der Waals surface area contributed by atoms with Crippen molar-refractivity contribution in [3.05, 3.63) is 63.4 Å². The molecule has 1 heterocycles. The van der Waals surface area contributed by atoms with Crippen LogP contribution in [0.5, 0.6) is 0 Å². The molecule has 0 atom stereocenters. The van der Waals surface area contributed by atoms with Gasteiger partial charge in [0.1, 0.15) is 5.69 Å². The number of amides is 1. The van der Waals surface area contributed by atoms with Crippen molar-refractivity contribution in [2.75, 3.05) is 23.3 Å². The Kier molecular flexibility index (Phi) is 5.37. The Morgan fingerprint density at radius 3 is 2.58 bits per heavy atom. The van der Waals surface area contributed by atoms with Gasteiger partial charge < -0.3 is 10.2 Å². The van der Waals surface area contributed by atoms with Crippen LogP contribution in [0.3, 0.4) is 0 Å². The van der Waals surface area contributed by atoms with Gasteiger partial charge in [-0.15, -0.1) is 0 Å². The van der Waals surface area contributed by atoms with Crippen molar-refractivity contribution < 1.29 is 14.1 Å². The number of rotatable bonds is 4. The molecule has 1 amide bonds. The topological polar surface area (TPSA) is 75.5 Å². The summed E-state index contributed by atoms with van der Waals surface area (Å²) in [6.07, 6.45) is 1.06. The Morgan fingerprint density at radius 2 is 1.88 bits per heavy atom. The predicted molar refractivity (Wildman–Crippen MR) is 98.1 cm³/mol. The summed E-state index contributed by atoms with van der Waals surface area (Å²) in [7, 11) is 0. The first-order valence-corrected chi connectivity index (χ1v) is 8.58. The number of carbonyl (C=O) groups excluding carboxylic acids is 1. The molecule has 8 heteroatoms. The maximum Gasteiger partial charge on any atom is 0.292 e. The zero-order chi connectivity index (χ0) is 18.7. The van der Waals surface area contributed by atoms with Crippen molar-refractivity contribution in [3.63, 3.8) is 0 Å². The molecule has 0 radical (unpaired) electrons. The number of hydrogen-bond acceptors (Lipinski definition) is 4. The summed E-state index contributed by atoms with van der Waals surface area (Å²) in [5.74, 6) is -1.21. The van der Waals surface area contributed by atoms with Crippen LogP contribution < -0.4 is 10.2 Å². The number of benzene rings is 2. The molecule has 0 spiro atoms. The molecule has 3 rings (SSSR count). The molecular formula is C18H17ClFN3O3. The van der Waals surface area contributed by atoms with Crippen LogP contribution in [0.1, 0.15) is 12.8 Å². The van der Waals surface area contributed by atoms with E-state index in [0.717, 1.165) is 0 Å². The SMILES string of the molecule is O=C(Nc1cccc(Cl)c1F)C1CCN(c2ccccc2[N+](=O)[O-])CC1. The minimum atomic E-state index is -0.653. The lowest BCUT2D eigenvalue weighted by Gasteiger charge is -2.32. The molecule has 0 bridgehead atoms. The van der Waals surface area contributed by atoms with Crippen molar-refractivity contribution in [3.8, 4) is 0 Å². The fourth-order valence-corrected chi connectivity index (χ4v) is 3.28. The Labute approximate surface area is 154 Å². The standard InChI is InChI=1S/C18H17ClFN3O3/c19-13-4-3-5-14(17(13)20)21-18(24)12-8-10-22(11-9-12)15-6-1-2-7-16(15)23(25)26/h1-7,12H,8-11H2,(H,21,24). The van der Waals surface area contributed by atoms with Gasteiger partial charge in [-0.2, -0.15) is 0 Å². The van der Waals surface area contributed by atoms with E-state index in [1.807, 2.05) is 4.90 Å². The first-order chi connectivity index (χ1) is 12.5. The van der Waals surface area contributed by atoms with Crippen molar-refractivity contribution in [1.29, 1.82) is 0 Å². The van der Waals surface area contributed by atoms with Gasteiger partial charge in [0.15, 0.2) is 5.82 Å². The quantitative estimate of drug-likeness (QED) is 0.638. The molecular weight excluding hydrogens is 361 g/mol. The second kappa shape index (κ2) is 7.70. The lowest BCUT2D eigenvalue weighted by Crippen LogP contribution is -2.38. The molecule has 0 unspecified atom stereocenters. The second-order valence-corrected chi connectivity index (χ2v) is 6.50. The van der Waals surface area contributed by atoms with E-state index in [4.69, 9.17) is 11.6 Å². The van der Waals surface area contributed by atoms with Gasteiger partial charge in [-0.1, -0.05) is 29.8 Å². The van der Waals surface area contributed by atoms with Crippen LogP contribution in [0.25, 0.3) is 0 Å². The van der Waals surface area contributed by atoms with Crippen molar-refractivity contribution in [2.45, 2.75) is 12.8 Å². The van der Waals surface area contributed by atoms with Crippen LogP contribution in [0.2, 0.25) is 5.02 Å². The van der Waals surface area contributed by atoms with Gasteiger partial charge in [-0.05, 0) is 31.0 Å². The maximum atomic E-state index is 13.9. The van der Waals surface area contributed by atoms with Gasteiger partial charge in [-0.25, -0.2) is 4.39 Å². The molecule has 1 saturated heterocycles. The smallest absolute Gasteiger partial charge is 0.292 e. The third-order valence-electron chi connectivity index (χ3n) is 4.49. The average molecular weight is 378 g/mol. The first-order valence-electron chi connectivity index (χ1n) is 8.20. The van der Waals surface area contributed by atoms with Crippen LogP contribution in [-0.2, 0) is 4.79 Å². The largest absolute Gasteiger partial charge is 0.366 e. The third kappa shape index (κ3) is 3.77. The molecule has 1 N–H and O–H groups in total. The number of nitro benzene ring substituents is 1. The molecule has 26 heavy (non-hydrogen) atoms. The fraction of sp³-hybridized carbons (Fsp3) is 0.278. The van der Waals surface area contributed by atoms with Gasteiger partial charge in [-0.3, -0.25) is 14.9 Å². The van der Waals surface area contributed by atoms with Crippen molar-refractivity contribution in [2.24, 2.45) is 5.92 Å². The molecule has 0 saturated carbocycles. The lowest BCUT2D eigenvalue weighted by molar-refractivity contribution is -0.384. The number of carbonyl (C=O) groups is 1. The van der Waals surface area contributed by atoms with Gasteiger partial charge in [0, 0.05) is 25.1 Å². The van der Waals surface area contributed by atoms with E-state index >= 15 is 0 Å². The Morgan fingerprint density at radius 1 is 1.19 bits per heavy atom. The molecule has 0 aromatic heterocycles. The zero-order valence-corrected chi connectivity index (χ0v) is 14.6. The van der Waals surface area contributed by atoms with Gasteiger partial charge in [0.05, 0.1) is 15.6 Å². The van der Waals surface area contributed by atoms with E-state index in [1.165, 1.54) is 18.2 Å². The molecule has 1 fully saturated rings. The van der Waals surface area contributed by atoms with E-state index in [1.54, 1.807) is 24.3 Å². The van der Waals surface area contributed by atoms with Gasteiger partial charge >= 0.3 is 0 Å². The van der Waals surface area contributed by atoms with E-state index in [9.17, 15) is 19.3 Å². The second-order valence-electron chi connectivity index (χ2n) is 6.10. The summed E-state index contributed by atoms with van der Waals surface area (Å²) in [4.78, 5) is 25.1. The number of nitro groups is 1. The molecule has 136 valence electrons.